The van der Waals surface area contributed by atoms with Crippen LogP contribution in [0.5, 0.6) is 0 Å². The Morgan fingerprint density at radius 2 is 1.83 bits per heavy atom. The molecule has 2 aromatic rings. The first kappa shape index (κ1) is 16.6. The molecule has 2 heterocycles. The minimum absolute atomic E-state index is 0.0463. The van der Waals surface area contributed by atoms with Gasteiger partial charge in [0, 0.05) is 30.9 Å². The van der Waals surface area contributed by atoms with Gasteiger partial charge in [-0.2, -0.15) is 10.4 Å². The maximum absolute atomic E-state index is 12.0. The largest absolute Gasteiger partial charge is 0.326 e. The van der Waals surface area contributed by atoms with Crippen molar-refractivity contribution in [2.45, 2.75) is 6.42 Å². The Bertz CT molecular complexity index is 654. The van der Waals surface area contributed by atoms with E-state index in [4.69, 9.17) is 5.84 Å². The SMILES string of the molecule is N[N+]1(c2ccccn2)CCN(CCC(=O)Nc2ccccc2)CC1. The molecule has 6 nitrogen and oxygen atoms in total. The first-order valence-electron chi connectivity index (χ1n) is 8.30. The van der Waals surface area contributed by atoms with Crippen LogP contribution in [0.3, 0.4) is 0 Å². The van der Waals surface area contributed by atoms with Crippen molar-refractivity contribution >= 4 is 17.4 Å². The van der Waals surface area contributed by atoms with Crippen molar-refractivity contribution < 1.29 is 4.79 Å². The summed E-state index contributed by atoms with van der Waals surface area (Å²) >= 11 is 0. The fourth-order valence-electron chi connectivity index (χ4n) is 2.94. The van der Waals surface area contributed by atoms with Gasteiger partial charge in [0.2, 0.25) is 11.7 Å². The minimum Gasteiger partial charge on any atom is -0.326 e. The molecule has 0 radical (unpaired) electrons. The Labute approximate surface area is 142 Å². The Kier molecular flexibility index (Phi) is 5.20. The van der Waals surface area contributed by atoms with Crippen LogP contribution in [-0.2, 0) is 4.79 Å². The van der Waals surface area contributed by atoms with Crippen molar-refractivity contribution in [2.24, 2.45) is 5.84 Å². The summed E-state index contributed by atoms with van der Waals surface area (Å²) in [6.07, 6.45) is 2.27. The van der Waals surface area contributed by atoms with E-state index < -0.39 is 0 Å². The number of nitrogens with zero attached hydrogens (tertiary/aromatic N) is 3. The zero-order valence-electron chi connectivity index (χ0n) is 13.8. The normalized spacial score (nSPS) is 17.4. The molecule has 0 unspecified atom stereocenters. The second kappa shape index (κ2) is 7.53. The van der Waals surface area contributed by atoms with E-state index >= 15 is 0 Å². The van der Waals surface area contributed by atoms with Crippen molar-refractivity contribution in [1.29, 1.82) is 0 Å². The van der Waals surface area contributed by atoms with Crippen LogP contribution in [0.25, 0.3) is 0 Å². The van der Waals surface area contributed by atoms with E-state index in [1.54, 1.807) is 6.20 Å². The van der Waals surface area contributed by atoms with Crippen molar-refractivity contribution in [3.8, 4) is 0 Å². The first-order chi connectivity index (χ1) is 11.7. The quantitative estimate of drug-likeness (QED) is 0.647. The lowest BCUT2D eigenvalue weighted by Crippen LogP contribution is -2.65. The Hall–Kier alpha value is -2.28. The lowest BCUT2D eigenvalue weighted by Gasteiger charge is -2.39. The average molecular weight is 326 g/mol. The van der Waals surface area contributed by atoms with Gasteiger partial charge in [0.1, 0.15) is 13.1 Å². The number of carbonyl (C=O) groups is 1. The number of para-hydroxylation sites is 1. The van der Waals surface area contributed by atoms with Crippen LogP contribution in [0.15, 0.2) is 54.7 Å². The van der Waals surface area contributed by atoms with Crippen LogP contribution in [0.2, 0.25) is 0 Å². The summed E-state index contributed by atoms with van der Waals surface area (Å²) in [6.45, 7) is 4.09. The fourth-order valence-corrected chi connectivity index (χ4v) is 2.94. The molecule has 0 atom stereocenters. The molecule has 1 aromatic carbocycles. The Balaban J connectivity index is 1.45. The number of piperazine rings is 1. The van der Waals surface area contributed by atoms with Gasteiger partial charge in [-0.25, -0.2) is 4.98 Å². The summed E-state index contributed by atoms with van der Waals surface area (Å²) in [5.74, 6) is 7.42. The summed E-state index contributed by atoms with van der Waals surface area (Å²) in [7, 11) is 0. The van der Waals surface area contributed by atoms with Gasteiger partial charge >= 0.3 is 0 Å². The molecular formula is C18H24N5O+. The van der Waals surface area contributed by atoms with Gasteiger partial charge in [-0.05, 0) is 18.2 Å². The number of nitrogens with two attached hydrogens (primary N) is 1. The Morgan fingerprint density at radius 3 is 2.50 bits per heavy atom. The van der Waals surface area contributed by atoms with Gasteiger partial charge in [-0.1, -0.05) is 24.3 Å². The van der Waals surface area contributed by atoms with Crippen LogP contribution in [0.1, 0.15) is 6.42 Å². The van der Waals surface area contributed by atoms with Gasteiger partial charge in [-0.3, -0.25) is 9.69 Å². The Morgan fingerprint density at radius 1 is 1.12 bits per heavy atom. The van der Waals surface area contributed by atoms with Gasteiger partial charge in [0.25, 0.3) is 0 Å². The van der Waals surface area contributed by atoms with Crippen LogP contribution >= 0.6 is 0 Å². The molecule has 0 spiro atoms. The zero-order chi connectivity index (χ0) is 16.8. The maximum Gasteiger partial charge on any atom is 0.246 e. The van der Waals surface area contributed by atoms with Crippen LogP contribution in [0.4, 0.5) is 11.5 Å². The predicted molar refractivity (Wildman–Crippen MR) is 96.1 cm³/mol. The summed E-state index contributed by atoms with van der Waals surface area (Å²) in [5.41, 5.74) is 0.842. The second-order valence-corrected chi connectivity index (χ2v) is 6.18. The number of rotatable bonds is 5. The highest BCUT2D eigenvalue weighted by Gasteiger charge is 2.33. The van der Waals surface area contributed by atoms with E-state index in [9.17, 15) is 4.79 Å². The molecule has 0 bridgehead atoms. The molecule has 1 fully saturated rings. The van der Waals surface area contributed by atoms with Gasteiger partial charge in [0.15, 0.2) is 0 Å². The number of hydrogen-bond acceptors (Lipinski definition) is 4. The molecule has 1 saturated heterocycles. The third-order valence-electron chi connectivity index (χ3n) is 4.45. The molecular weight excluding hydrogens is 302 g/mol. The number of pyridine rings is 1. The minimum atomic E-state index is 0.0463. The second-order valence-electron chi connectivity index (χ2n) is 6.18. The fraction of sp³-hybridized carbons (Fsp3) is 0.333. The number of benzene rings is 1. The van der Waals surface area contributed by atoms with Crippen LogP contribution < -0.4 is 15.8 Å². The summed E-state index contributed by atoms with van der Waals surface area (Å²) in [5, 5.41) is 2.92. The van der Waals surface area contributed by atoms with Crippen molar-refractivity contribution in [3.63, 3.8) is 0 Å². The van der Waals surface area contributed by atoms with Gasteiger partial charge in [0.05, 0.1) is 13.1 Å². The summed E-state index contributed by atoms with van der Waals surface area (Å²) in [4.78, 5) is 18.7. The number of carbonyl (C=O) groups excluding carboxylic acids is 1. The molecule has 3 rings (SSSR count). The molecule has 0 saturated carbocycles. The van der Waals surface area contributed by atoms with E-state index in [0.717, 1.165) is 44.2 Å². The monoisotopic (exact) mass is 326 g/mol. The number of nitrogens with one attached hydrogen (secondary N) is 1. The summed E-state index contributed by atoms with van der Waals surface area (Å²) < 4.78 is 0.369. The highest BCUT2D eigenvalue weighted by atomic mass is 16.1. The lowest BCUT2D eigenvalue weighted by atomic mass is 10.2. The zero-order valence-corrected chi connectivity index (χ0v) is 13.8. The molecule has 1 amide bonds. The van der Waals surface area contributed by atoms with Crippen molar-refractivity contribution in [3.05, 3.63) is 54.7 Å². The number of amides is 1. The molecule has 1 aliphatic rings. The van der Waals surface area contributed by atoms with E-state index in [1.165, 1.54) is 0 Å². The van der Waals surface area contributed by atoms with Crippen molar-refractivity contribution in [2.75, 3.05) is 38.0 Å². The highest BCUT2D eigenvalue weighted by molar-refractivity contribution is 5.90. The number of anilines is 1. The average Bonchev–Trinajstić information content (AvgIpc) is 2.63. The summed E-state index contributed by atoms with van der Waals surface area (Å²) in [6, 6.07) is 15.4. The maximum atomic E-state index is 12.0. The lowest BCUT2D eigenvalue weighted by molar-refractivity contribution is -0.116. The third-order valence-corrected chi connectivity index (χ3v) is 4.45. The number of aromatic nitrogens is 1. The topological polar surface area (TPSA) is 71.2 Å². The van der Waals surface area contributed by atoms with E-state index in [0.29, 0.717) is 11.0 Å². The van der Waals surface area contributed by atoms with Crippen LogP contribution in [0, 0.1) is 0 Å². The molecule has 24 heavy (non-hydrogen) atoms. The molecule has 6 heteroatoms. The highest BCUT2D eigenvalue weighted by Crippen LogP contribution is 2.18. The molecule has 1 aliphatic heterocycles. The molecule has 1 aromatic heterocycles. The molecule has 3 N–H and O–H groups in total. The first-order valence-corrected chi connectivity index (χ1v) is 8.30. The van der Waals surface area contributed by atoms with E-state index in [-0.39, 0.29) is 5.91 Å². The predicted octanol–water partition coefficient (Wildman–Crippen LogP) is 1.61. The van der Waals surface area contributed by atoms with E-state index in [1.807, 2.05) is 48.5 Å². The number of quaternary nitrogens is 1. The smallest absolute Gasteiger partial charge is 0.246 e. The van der Waals surface area contributed by atoms with E-state index in [2.05, 4.69) is 15.2 Å². The van der Waals surface area contributed by atoms with Gasteiger partial charge < -0.3 is 5.32 Å². The van der Waals surface area contributed by atoms with Gasteiger partial charge in [-0.15, -0.1) is 0 Å². The van der Waals surface area contributed by atoms with Crippen molar-refractivity contribution in [1.82, 2.24) is 14.5 Å². The molecule has 126 valence electrons. The third kappa shape index (κ3) is 4.17. The number of hydrogen-bond donors (Lipinski definition) is 2. The molecule has 0 aliphatic carbocycles. The van der Waals surface area contributed by atoms with Crippen LogP contribution in [-0.4, -0.2) is 48.5 Å². The standard InChI is InChI=1S/C18H23N5O/c19-23(17-8-4-5-10-20-17)14-12-22(13-15-23)11-9-18(24)21-16-6-2-1-3-7-16/h1-8,10H,9,11-15,19H2/p+1.